The summed E-state index contributed by atoms with van der Waals surface area (Å²) in [6, 6.07) is 11.7. The first-order valence-electron chi connectivity index (χ1n) is 9.31. The molecule has 0 amide bonds. The maximum absolute atomic E-state index is 12.7. The fourth-order valence-corrected chi connectivity index (χ4v) is 2.64. The van der Waals surface area contributed by atoms with E-state index in [1.54, 1.807) is 56.3 Å². The quantitative estimate of drug-likeness (QED) is 0.523. The molecule has 0 fully saturated rings. The molecule has 0 saturated carbocycles. The molecule has 0 saturated heterocycles. The summed E-state index contributed by atoms with van der Waals surface area (Å²) in [5.41, 5.74) is 0.00716. The molecule has 7 nitrogen and oxygen atoms in total. The highest BCUT2D eigenvalue weighted by molar-refractivity contribution is 5.79. The third-order valence-corrected chi connectivity index (χ3v) is 4.01. The van der Waals surface area contributed by atoms with Gasteiger partial charge in [0.25, 0.3) is 0 Å². The highest BCUT2D eigenvalue weighted by Gasteiger charge is 2.17. The number of esters is 1. The van der Waals surface area contributed by atoms with Crippen LogP contribution < -0.4 is 19.6 Å². The molecule has 0 spiro atoms. The van der Waals surface area contributed by atoms with E-state index in [0.29, 0.717) is 29.1 Å². The number of carbonyl (C=O) groups is 1. The second-order valence-corrected chi connectivity index (χ2v) is 6.11. The highest BCUT2D eigenvalue weighted by atomic mass is 16.6. The van der Waals surface area contributed by atoms with Crippen molar-refractivity contribution in [1.29, 1.82) is 0 Å². The van der Waals surface area contributed by atoms with Crippen LogP contribution in [0, 0.1) is 0 Å². The molecule has 29 heavy (non-hydrogen) atoms. The van der Waals surface area contributed by atoms with Crippen molar-refractivity contribution in [2.45, 2.75) is 26.9 Å². The van der Waals surface area contributed by atoms with Crippen molar-refractivity contribution in [2.24, 2.45) is 0 Å². The van der Waals surface area contributed by atoms with Crippen molar-refractivity contribution in [1.82, 2.24) is 0 Å². The Morgan fingerprint density at radius 3 is 2.38 bits per heavy atom. The van der Waals surface area contributed by atoms with Gasteiger partial charge in [0.05, 0.1) is 18.6 Å². The van der Waals surface area contributed by atoms with E-state index in [4.69, 9.17) is 23.4 Å². The number of benzene rings is 2. The topological polar surface area (TPSA) is 84.2 Å². The van der Waals surface area contributed by atoms with Crippen molar-refractivity contribution in [3.8, 4) is 23.0 Å². The standard InChI is InChI=1S/C22H22O7/c1-4-25-15-6-8-16(9-7-15)29-20-13-27-19-12-17(10-11-18(19)21(20)23)28-14(3)22(24)26-5-2/h6-14H,4-5H2,1-3H3/t14-/m0/s1. The fraction of sp³-hybridized carbons (Fsp3) is 0.273. The maximum atomic E-state index is 12.7. The zero-order chi connectivity index (χ0) is 20.8. The summed E-state index contributed by atoms with van der Waals surface area (Å²) in [6.45, 7) is 6.06. The van der Waals surface area contributed by atoms with Gasteiger partial charge in [-0.3, -0.25) is 4.79 Å². The van der Waals surface area contributed by atoms with Crippen LogP contribution in [0.15, 0.2) is 57.9 Å². The van der Waals surface area contributed by atoms with Crippen molar-refractivity contribution in [3.63, 3.8) is 0 Å². The van der Waals surface area contributed by atoms with E-state index in [0.717, 1.165) is 5.75 Å². The van der Waals surface area contributed by atoms with Crippen LogP contribution in [0.25, 0.3) is 11.0 Å². The molecule has 7 heteroatoms. The van der Waals surface area contributed by atoms with Crippen LogP contribution in [0.4, 0.5) is 0 Å². The second-order valence-electron chi connectivity index (χ2n) is 6.11. The lowest BCUT2D eigenvalue weighted by atomic mass is 10.2. The number of fused-ring (bicyclic) bond motifs is 1. The molecule has 0 N–H and O–H groups in total. The van der Waals surface area contributed by atoms with Crippen molar-refractivity contribution < 1.29 is 28.2 Å². The minimum Gasteiger partial charge on any atom is -0.494 e. The van der Waals surface area contributed by atoms with Gasteiger partial charge in [0.1, 0.15) is 29.1 Å². The van der Waals surface area contributed by atoms with Gasteiger partial charge in [0, 0.05) is 6.07 Å². The summed E-state index contributed by atoms with van der Waals surface area (Å²) in [6.07, 6.45) is 0.473. The lowest BCUT2D eigenvalue weighted by Gasteiger charge is -2.13. The first kappa shape index (κ1) is 20.3. The van der Waals surface area contributed by atoms with E-state index in [1.807, 2.05) is 6.92 Å². The summed E-state index contributed by atoms with van der Waals surface area (Å²) in [5, 5.41) is 0.338. The van der Waals surface area contributed by atoms with Gasteiger partial charge in [-0.05, 0) is 57.2 Å². The number of hydrogen-bond acceptors (Lipinski definition) is 7. The molecule has 0 aliphatic rings. The molecule has 0 bridgehead atoms. The second kappa shape index (κ2) is 9.14. The number of hydrogen-bond donors (Lipinski definition) is 0. The summed E-state index contributed by atoms with van der Waals surface area (Å²) < 4.78 is 27.0. The van der Waals surface area contributed by atoms with Crippen LogP contribution in [-0.4, -0.2) is 25.3 Å². The smallest absolute Gasteiger partial charge is 0.347 e. The van der Waals surface area contributed by atoms with Gasteiger partial charge in [-0.2, -0.15) is 0 Å². The van der Waals surface area contributed by atoms with E-state index < -0.39 is 12.1 Å². The Morgan fingerprint density at radius 1 is 1.00 bits per heavy atom. The molecule has 0 radical (unpaired) electrons. The number of rotatable bonds is 8. The van der Waals surface area contributed by atoms with Crippen LogP contribution in [0.5, 0.6) is 23.0 Å². The average molecular weight is 398 g/mol. The van der Waals surface area contributed by atoms with Crippen LogP contribution in [0.2, 0.25) is 0 Å². The molecule has 1 atom stereocenters. The minimum absolute atomic E-state index is 0.0650. The molecule has 152 valence electrons. The predicted molar refractivity (Wildman–Crippen MR) is 107 cm³/mol. The molecule has 2 aromatic carbocycles. The van der Waals surface area contributed by atoms with Crippen molar-refractivity contribution >= 4 is 16.9 Å². The predicted octanol–water partition coefficient (Wildman–Crippen LogP) is 4.31. The largest absolute Gasteiger partial charge is 0.494 e. The van der Waals surface area contributed by atoms with Crippen LogP contribution in [-0.2, 0) is 9.53 Å². The zero-order valence-electron chi connectivity index (χ0n) is 16.5. The SMILES string of the molecule is CCOC(=O)[C@H](C)Oc1ccc2c(=O)c(Oc3ccc(OCC)cc3)coc2c1. The third-order valence-electron chi connectivity index (χ3n) is 4.01. The van der Waals surface area contributed by atoms with Crippen molar-refractivity contribution in [2.75, 3.05) is 13.2 Å². The van der Waals surface area contributed by atoms with Gasteiger partial charge in [-0.25, -0.2) is 4.79 Å². The Hall–Kier alpha value is -3.48. The Bertz CT molecular complexity index is 1040. The molecular formula is C22H22O7. The van der Waals surface area contributed by atoms with Gasteiger partial charge in [-0.15, -0.1) is 0 Å². The van der Waals surface area contributed by atoms with Gasteiger partial charge in [-0.1, -0.05) is 0 Å². The lowest BCUT2D eigenvalue weighted by molar-refractivity contribution is -0.150. The van der Waals surface area contributed by atoms with E-state index >= 15 is 0 Å². The third kappa shape index (κ3) is 4.87. The van der Waals surface area contributed by atoms with Gasteiger partial charge in [0.15, 0.2) is 6.10 Å². The number of ether oxygens (including phenoxy) is 4. The van der Waals surface area contributed by atoms with Crippen LogP contribution in [0.3, 0.4) is 0 Å². The number of carbonyl (C=O) groups excluding carboxylic acids is 1. The van der Waals surface area contributed by atoms with E-state index in [2.05, 4.69) is 0 Å². The van der Waals surface area contributed by atoms with Crippen LogP contribution in [0.1, 0.15) is 20.8 Å². The molecule has 0 aliphatic heterocycles. The van der Waals surface area contributed by atoms with Gasteiger partial charge >= 0.3 is 5.97 Å². The molecule has 0 aliphatic carbocycles. The summed E-state index contributed by atoms with van der Waals surface area (Å²) in [5.74, 6) is 1.20. The first-order chi connectivity index (χ1) is 14.0. The Labute approximate surface area is 167 Å². The maximum Gasteiger partial charge on any atom is 0.347 e. The molecule has 3 aromatic rings. The lowest BCUT2D eigenvalue weighted by Crippen LogP contribution is -2.26. The van der Waals surface area contributed by atoms with E-state index in [9.17, 15) is 9.59 Å². The monoisotopic (exact) mass is 398 g/mol. The fourth-order valence-electron chi connectivity index (χ4n) is 2.64. The summed E-state index contributed by atoms with van der Waals surface area (Å²) in [7, 11) is 0. The summed E-state index contributed by atoms with van der Waals surface area (Å²) in [4.78, 5) is 24.4. The molecule has 3 rings (SSSR count). The summed E-state index contributed by atoms with van der Waals surface area (Å²) >= 11 is 0. The molecule has 0 unspecified atom stereocenters. The zero-order valence-corrected chi connectivity index (χ0v) is 16.5. The first-order valence-corrected chi connectivity index (χ1v) is 9.31. The van der Waals surface area contributed by atoms with Crippen LogP contribution >= 0.6 is 0 Å². The van der Waals surface area contributed by atoms with Crippen molar-refractivity contribution in [3.05, 3.63) is 59.0 Å². The Morgan fingerprint density at radius 2 is 1.69 bits per heavy atom. The Balaban J connectivity index is 1.79. The average Bonchev–Trinajstić information content (AvgIpc) is 2.72. The highest BCUT2D eigenvalue weighted by Crippen LogP contribution is 2.25. The molecule has 1 aromatic heterocycles. The van der Waals surface area contributed by atoms with E-state index in [-0.39, 0.29) is 17.8 Å². The van der Waals surface area contributed by atoms with Gasteiger partial charge < -0.3 is 23.4 Å². The molecule has 1 heterocycles. The minimum atomic E-state index is -0.776. The van der Waals surface area contributed by atoms with Gasteiger partial charge in [0.2, 0.25) is 11.2 Å². The molecular weight excluding hydrogens is 376 g/mol. The normalized spacial score (nSPS) is 11.7. The Kier molecular flexibility index (Phi) is 6.39. The van der Waals surface area contributed by atoms with E-state index in [1.165, 1.54) is 6.26 Å².